The van der Waals surface area contributed by atoms with Crippen LogP contribution in [0.15, 0.2) is 42.5 Å². The van der Waals surface area contributed by atoms with Gasteiger partial charge < -0.3 is 10.2 Å². The summed E-state index contributed by atoms with van der Waals surface area (Å²) in [5.74, 6) is -3.36. The highest BCUT2D eigenvalue weighted by Crippen LogP contribution is 2.32. The first-order valence-electron chi connectivity index (χ1n) is 9.48. The quantitative estimate of drug-likeness (QED) is 0.880. The molecule has 146 valence electrons. The number of nitrogens with zero attached hydrogens (tertiary/aromatic N) is 3. The largest absolute Gasteiger partial charge is 0.381 e. The van der Waals surface area contributed by atoms with Crippen molar-refractivity contribution < 1.29 is 13.6 Å². The highest BCUT2D eigenvalue weighted by Gasteiger charge is 2.47. The van der Waals surface area contributed by atoms with E-state index < -0.39 is 30.8 Å². The van der Waals surface area contributed by atoms with Crippen LogP contribution in [0.3, 0.4) is 0 Å². The van der Waals surface area contributed by atoms with E-state index >= 15 is 0 Å². The average molecular weight is 384 g/mol. The highest BCUT2D eigenvalue weighted by atomic mass is 19.3. The van der Waals surface area contributed by atoms with E-state index in [0.717, 1.165) is 28.9 Å². The SMILES string of the molecule is N#C[C@@H]1CC(F)(F)CN1C(=O)CN1CC[C@H](Nc2ccc3ccccc3c2)C1. The Labute approximate surface area is 162 Å². The highest BCUT2D eigenvalue weighted by molar-refractivity contribution is 5.85. The predicted octanol–water partition coefficient (Wildman–Crippen LogP) is 3.09. The minimum absolute atomic E-state index is 0.0736. The third-order valence-electron chi connectivity index (χ3n) is 5.49. The summed E-state index contributed by atoms with van der Waals surface area (Å²) >= 11 is 0. The van der Waals surface area contributed by atoms with Crippen molar-refractivity contribution in [2.45, 2.75) is 30.8 Å². The first kappa shape index (κ1) is 18.6. The summed E-state index contributed by atoms with van der Waals surface area (Å²) < 4.78 is 27.1. The molecule has 2 atom stereocenters. The maximum absolute atomic E-state index is 13.6. The second kappa shape index (κ2) is 7.36. The van der Waals surface area contributed by atoms with Crippen LogP contribution >= 0.6 is 0 Å². The minimum atomic E-state index is -2.97. The van der Waals surface area contributed by atoms with Gasteiger partial charge in [0.05, 0.1) is 19.2 Å². The normalized spacial score (nSPS) is 24.4. The Balaban J connectivity index is 1.34. The first-order valence-corrected chi connectivity index (χ1v) is 9.48. The number of alkyl halides is 2. The van der Waals surface area contributed by atoms with E-state index in [-0.39, 0.29) is 12.6 Å². The minimum Gasteiger partial charge on any atom is -0.381 e. The number of rotatable bonds is 4. The summed E-state index contributed by atoms with van der Waals surface area (Å²) in [7, 11) is 0. The van der Waals surface area contributed by atoms with E-state index in [1.807, 2.05) is 29.2 Å². The molecule has 0 aliphatic carbocycles. The van der Waals surface area contributed by atoms with Crippen LogP contribution in [0, 0.1) is 11.3 Å². The second-order valence-corrected chi connectivity index (χ2v) is 7.65. The van der Waals surface area contributed by atoms with E-state index in [1.165, 1.54) is 5.39 Å². The number of halogens is 2. The number of fused-ring (bicyclic) bond motifs is 1. The lowest BCUT2D eigenvalue weighted by Gasteiger charge is -2.23. The Hall–Kier alpha value is -2.72. The Morgan fingerprint density at radius 2 is 2.04 bits per heavy atom. The van der Waals surface area contributed by atoms with Crippen LogP contribution < -0.4 is 5.32 Å². The molecule has 0 saturated carbocycles. The lowest BCUT2D eigenvalue weighted by atomic mass is 10.1. The van der Waals surface area contributed by atoms with Gasteiger partial charge in [0.1, 0.15) is 6.04 Å². The lowest BCUT2D eigenvalue weighted by molar-refractivity contribution is -0.133. The van der Waals surface area contributed by atoms with Crippen LogP contribution in [0.25, 0.3) is 10.8 Å². The number of carbonyl (C=O) groups excluding carboxylic acids is 1. The van der Waals surface area contributed by atoms with Gasteiger partial charge in [-0.15, -0.1) is 0 Å². The van der Waals surface area contributed by atoms with Gasteiger partial charge in [0.2, 0.25) is 5.91 Å². The molecule has 0 aromatic heterocycles. The van der Waals surface area contributed by atoms with Crippen molar-refractivity contribution >= 4 is 22.4 Å². The fraction of sp³-hybridized carbons (Fsp3) is 0.429. The number of carbonyl (C=O) groups is 1. The summed E-state index contributed by atoms with van der Waals surface area (Å²) in [5.41, 5.74) is 1.03. The summed E-state index contributed by atoms with van der Waals surface area (Å²) in [5, 5.41) is 14.9. The molecule has 4 rings (SSSR count). The number of anilines is 1. The maximum Gasteiger partial charge on any atom is 0.268 e. The van der Waals surface area contributed by atoms with Crippen LogP contribution in [0.5, 0.6) is 0 Å². The Bertz CT molecular complexity index is 926. The molecule has 0 unspecified atom stereocenters. The molecule has 1 amide bonds. The Morgan fingerprint density at radius 3 is 2.82 bits per heavy atom. The van der Waals surface area contributed by atoms with Gasteiger partial charge in [-0.25, -0.2) is 8.78 Å². The third-order valence-corrected chi connectivity index (χ3v) is 5.49. The molecule has 2 aromatic carbocycles. The molecular weight excluding hydrogens is 362 g/mol. The van der Waals surface area contributed by atoms with E-state index in [4.69, 9.17) is 5.26 Å². The monoisotopic (exact) mass is 384 g/mol. The fourth-order valence-corrected chi connectivity index (χ4v) is 4.09. The second-order valence-electron chi connectivity index (χ2n) is 7.65. The van der Waals surface area contributed by atoms with Gasteiger partial charge in [-0.3, -0.25) is 9.69 Å². The molecule has 2 saturated heterocycles. The van der Waals surface area contributed by atoms with Gasteiger partial charge >= 0.3 is 0 Å². The molecule has 2 aliphatic heterocycles. The Morgan fingerprint density at radius 1 is 1.25 bits per heavy atom. The first-order chi connectivity index (χ1) is 13.4. The molecule has 2 fully saturated rings. The number of hydrogen-bond donors (Lipinski definition) is 1. The number of benzene rings is 2. The van der Waals surface area contributed by atoms with E-state index in [1.54, 1.807) is 0 Å². The topological polar surface area (TPSA) is 59.4 Å². The summed E-state index contributed by atoms with van der Waals surface area (Å²) in [6, 6.07) is 15.4. The predicted molar refractivity (Wildman–Crippen MR) is 103 cm³/mol. The summed E-state index contributed by atoms with van der Waals surface area (Å²) in [4.78, 5) is 15.4. The fourth-order valence-electron chi connectivity index (χ4n) is 4.09. The number of nitrogens with one attached hydrogen (secondary N) is 1. The molecule has 2 heterocycles. The van der Waals surface area contributed by atoms with Gasteiger partial charge in [-0.05, 0) is 29.3 Å². The molecule has 1 N–H and O–H groups in total. The summed E-state index contributed by atoms with van der Waals surface area (Å²) in [6.45, 7) is 0.805. The zero-order valence-electron chi connectivity index (χ0n) is 15.4. The molecule has 2 aromatic rings. The molecular formula is C21H22F2N4O. The van der Waals surface area contributed by atoms with Crippen molar-refractivity contribution in [1.29, 1.82) is 5.26 Å². The van der Waals surface area contributed by atoms with Crippen LogP contribution in [-0.2, 0) is 4.79 Å². The molecule has 0 radical (unpaired) electrons. The standard InChI is InChI=1S/C21H22F2N4O/c22-21(23)10-19(11-24)27(14-21)20(28)13-26-8-7-18(12-26)25-17-6-5-15-3-1-2-4-16(15)9-17/h1-6,9,18-19,25H,7-8,10,12-14H2/t18-,19-/m0/s1. The van der Waals surface area contributed by atoms with E-state index in [0.29, 0.717) is 6.54 Å². The Kier molecular flexibility index (Phi) is 4.90. The van der Waals surface area contributed by atoms with Crippen molar-refractivity contribution in [3.8, 4) is 6.07 Å². The number of nitriles is 1. The van der Waals surface area contributed by atoms with Crippen LogP contribution in [0.2, 0.25) is 0 Å². The van der Waals surface area contributed by atoms with Crippen LogP contribution in [-0.4, -0.2) is 59.9 Å². The average Bonchev–Trinajstić information content (AvgIpc) is 3.24. The van der Waals surface area contributed by atoms with Crippen molar-refractivity contribution in [1.82, 2.24) is 9.80 Å². The van der Waals surface area contributed by atoms with E-state index in [9.17, 15) is 13.6 Å². The summed E-state index contributed by atoms with van der Waals surface area (Å²) in [6.07, 6.45) is 0.305. The number of hydrogen-bond acceptors (Lipinski definition) is 4. The van der Waals surface area contributed by atoms with Gasteiger partial charge in [0.15, 0.2) is 0 Å². The van der Waals surface area contributed by atoms with Gasteiger partial charge in [0.25, 0.3) is 5.92 Å². The van der Waals surface area contributed by atoms with Crippen molar-refractivity contribution in [2.75, 3.05) is 31.5 Å². The molecule has 28 heavy (non-hydrogen) atoms. The van der Waals surface area contributed by atoms with Gasteiger partial charge in [-0.1, -0.05) is 30.3 Å². The number of likely N-dealkylation sites (tertiary alicyclic amines) is 2. The maximum atomic E-state index is 13.6. The van der Waals surface area contributed by atoms with Crippen molar-refractivity contribution in [3.05, 3.63) is 42.5 Å². The smallest absolute Gasteiger partial charge is 0.268 e. The molecule has 7 heteroatoms. The van der Waals surface area contributed by atoms with E-state index in [2.05, 4.69) is 29.6 Å². The van der Waals surface area contributed by atoms with Crippen molar-refractivity contribution in [2.24, 2.45) is 0 Å². The molecule has 0 bridgehead atoms. The third kappa shape index (κ3) is 3.92. The van der Waals surface area contributed by atoms with Gasteiger partial charge in [-0.2, -0.15) is 5.26 Å². The van der Waals surface area contributed by atoms with Crippen LogP contribution in [0.1, 0.15) is 12.8 Å². The van der Waals surface area contributed by atoms with Crippen molar-refractivity contribution in [3.63, 3.8) is 0 Å². The van der Waals surface area contributed by atoms with Gasteiger partial charge in [0, 0.05) is 31.2 Å². The zero-order valence-corrected chi connectivity index (χ0v) is 15.4. The lowest BCUT2D eigenvalue weighted by Crippen LogP contribution is -2.43. The molecule has 2 aliphatic rings. The molecule has 5 nitrogen and oxygen atoms in total. The zero-order chi connectivity index (χ0) is 19.7. The molecule has 0 spiro atoms. The number of amides is 1. The van der Waals surface area contributed by atoms with Crippen LogP contribution in [0.4, 0.5) is 14.5 Å².